The standard InChI is InChI=1S/C10H8Cl2N2O2/c1-10(8(15)13-9(16)14-10)5-2-3-6(11)7(12)4-5/h2-4H,1H3,(H2,13,14,15,16). The maximum atomic E-state index is 11.6. The van der Waals surface area contributed by atoms with Crippen molar-refractivity contribution in [1.29, 1.82) is 0 Å². The Balaban J connectivity index is 2.47. The number of imide groups is 1. The van der Waals surface area contributed by atoms with Gasteiger partial charge in [0.25, 0.3) is 5.91 Å². The van der Waals surface area contributed by atoms with E-state index in [0.29, 0.717) is 15.6 Å². The van der Waals surface area contributed by atoms with Crippen LogP contribution in [0.2, 0.25) is 10.0 Å². The van der Waals surface area contributed by atoms with Crippen LogP contribution in [0.25, 0.3) is 0 Å². The Hall–Kier alpha value is -1.26. The number of carbonyl (C=O) groups excluding carboxylic acids is 2. The van der Waals surface area contributed by atoms with Crippen LogP contribution in [0.1, 0.15) is 12.5 Å². The quantitative estimate of drug-likeness (QED) is 0.758. The highest BCUT2D eigenvalue weighted by Crippen LogP contribution is 2.30. The van der Waals surface area contributed by atoms with Crippen molar-refractivity contribution in [2.24, 2.45) is 0 Å². The minimum Gasteiger partial charge on any atom is -0.320 e. The van der Waals surface area contributed by atoms with Crippen LogP contribution in [-0.4, -0.2) is 11.9 Å². The molecule has 0 aromatic heterocycles. The highest BCUT2D eigenvalue weighted by molar-refractivity contribution is 6.42. The number of hydrogen-bond acceptors (Lipinski definition) is 2. The fourth-order valence-corrected chi connectivity index (χ4v) is 1.85. The van der Waals surface area contributed by atoms with E-state index in [1.807, 2.05) is 0 Å². The van der Waals surface area contributed by atoms with Crippen LogP contribution >= 0.6 is 23.2 Å². The van der Waals surface area contributed by atoms with Gasteiger partial charge in [-0.05, 0) is 24.6 Å². The SMILES string of the molecule is CC1(c2ccc(Cl)c(Cl)c2)NC(=O)NC1=O. The molecular formula is C10H8Cl2N2O2. The molecule has 0 spiro atoms. The lowest BCUT2D eigenvalue weighted by Crippen LogP contribution is -2.40. The molecule has 1 aromatic rings. The molecule has 84 valence electrons. The Kier molecular flexibility index (Phi) is 2.56. The molecule has 3 amide bonds. The summed E-state index contributed by atoms with van der Waals surface area (Å²) in [6.45, 7) is 1.60. The number of carbonyl (C=O) groups is 2. The first-order chi connectivity index (χ1) is 7.43. The van der Waals surface area contributed by atoms with Crippen molar-refractivity contribution in [2.45, 2.75) is 12.5 Å². The van der Waals surface area contributed by atoms with Crippen LogP contribution < -0.4 is 10.6 Å². The second-order valence-electron chi connectivity index (χ2n) is 3.66. The van der Waals surface area contributed by atoms with Gasteiger partial charge in [0, 0.05) is 0 Å². The lowest BCUT2D eigenvalue weighted by Gasteiger charge is -2.21. The zero-order chi connectivity index (χ0) is 11.9. The van der Waals surface area contributed by atoms with Gasteiger partial charge < -0.3 is 5.32 Å². The molecule has 1 fully saturated rings. The molecule has 0 bridgehead atoms. The summed E-state index contributed by atoms with van der Waals surface area (Å²) in [6.07, 6.45) is 0. The van der Waals surface area contributed by atoms with Crippen LogP contribution in [-0.2, 0) is 10.3 Å². The molecule has 1 aliphatic heterocycles. The van der Waals surface area contributed by atoms with Crippen LogP contribution in [0.3, 0.4) is 0 Å². The minimum atomic E-state index is -1.09. The van der Waals surface area contributed by atoms with E-state index in [9.17, 15) is 9.59 Å². The lowest BCUT2D eigenvalue weighted by molar-refractivity contribution is -0.123. The van der Waals surface area contributed by atoms with Crippen LogP contribution in [0.4, 0.5) is 4.79 Å². The molecule has 16 heavy (non-hydrogen) atoms. The Morgan fingerprint density at radius 1 is 1.19 bits per heavy atom. The number of halogens is 2. The van der Waals surface area contributed by atoms with E-state index >= 15 is 0 Å². The third-order valence-electron chi connectivity index (χ3n) is 2.54. The number of benzene rings is 1. The largest absolute Gasteiger partial charge is 0.322 e. The Morgan fingerprint density at radius 2 is 1.88 bits per heavy atom. The van der Waals surface area contributed by atoms with Gasteiger partial charge in [-0.3, -0.25) is 10.1 Å². The molecule has 4 nitrogen and oxygen atoms in total. The monoisotopic (exact) mass is 258 g/mol. The fraction of sp³-hybridized carbons (Fsp3) is 0.200. The molecule has 0 radical (unpaired) electrons. The maximum absolute atomic E-state index is 11.6. The van der Waals surface area contributed by atoms with E-state index in [4.69, 9.17) is 23.2 Å². The third-order valence-corrected chi connectivity index (χ3v) is 3.28. The van der Waals surface area contributed by atoms with Crippen molar-refractivity contribution in [3.63, 3.8) is 0 Å². The van der Waals surface area contributed by atoms with Gasteiger partial charge in [0.1, 0.15) is 5.54 Å². The van der Waals surface area contributed by atoms with E-state index in [0.717, 1.165) is 0 Å². The van der Waals surface area contributed by atoms with Crippen molar-refractivity contribution in [3.8, 4) is 0 Å². The summed E-state index contributed by atoms with van der Waals surface area (Å²) < 4.78 is 0. The van der Waals surface area contributed by atoms with E-state index in [-0.39, 0.29) is 0 Å². The zero-order valence-corrected chi connectivity index (χ0v) is 9.82. The first-order valence-electron chi connectivity index (χ1n) is 4.52. The van der Waals surface area contributed by atoms with Crippen molar-refractivity contribution >= 4 is 35.1 Å². The summed E-state index contributed by atoms with van der Waals surface area (Å²) in [6, 6.07) is 4.29. The molecule has 1 atom stereocenters. The summed E-state index contributed by atoms with van der Waals surface area (Å²) in [5, 5.41) is 5.46. The van der Waals surface area contributed by atoms with E-state index in [1.165, 1.54) is 0 Å². The van der Waals surface area contributed by atoms with Gasteiger partial charge in [-0.25, -0.2) is 4.79 Å². The molecule has 1 aliphatic rings. The maximum Gasteiger partial charge on any atom is 0.322 e. The summed E-state index contributed by atoms with van der Waals surface area (Å²) >= 11 is 11.6. The zero-order valence-electron chi connectivity index (χ0n) is 8.30. The van der Waals surface area contributed by atoms with Gasteiger partial charge in [0.05, 0.1) is 10.0 Å². The number of urea groups is 1. The van der Waals surface area contributed by atoms with E-state index in [2.05, 4.69) is 10.6 Å². The molecule has 0 aliphatic carbocycles. The first-order valence-corrected chi connectivity index (χ1v) is 5.28. The third kappa shape index (κ3) is 1.64. The van der Waals surface area contributed by atoms with Crippen LogP contribution in [0, 0.1) is 0 Å². The Labute approximate surface area is 102 Å². The second-order valence-corrected chi connectivity index (χ2v) is 4.48. The Bertz CT molecular complexity index is 490. The Morgan fingerprint density at radius 3 is 2.38 bits per heavy atom. The van der Waals surface area contributed by atoms with Crippen LogP contribution in [0.5, 0.6) is 0 Å². The van der Waals surface area contributed by atoms with Crippen molar-refractivity contribution in [1.82, 2.24) is 10.6 Å². The number of rotatable bonds is 1. The van der Waals surface area contributed by atoms with Crippen molar-refractivity contribution < 1.29 is 9.59 Å². The smallest absolute Gasteiger partial charge is 0.320 e. The van der Waals surface area contributed by atoms with Crippen molar-refractivity contribution in [3.05, 3.63) is 33.8 Å². The lowest BCUT2D eigenvalue weighted by atomic mass is 9.92. The molecule has 0 saturated carbocycles. The van der Waals surface area contributed by atoms with Crippen LogP contribution in [0.15, 0.2) is 18.2 Å². The molecule has 1 aromatic carbocycles. The number of amides is 3. The molecule has 1 heterocycles. The molecule has 2 N–H and O–H groups in total. The van der Waals surface area contributed by atoms with Gasteiger partial charge in [0.15, 0.2) is 0 Å². The van der Waals surface area contributed by atoms with Gasteiger partial charge in [-0.1, -0.05) is 29.3 Å². The average Bonchev–Trinajstić information content (AvgIpc) is 2.46. The van der Waals surface area contributed by atoms with E-state index < -0.39 is 17.5 Å². The van der Waals surface area contributed by atoms with Gasteiger partial charge in [0.2, 0.25) is 0 Å². The predicted molar refractivity (Wildman–Crippen MR) is 60.5 cm³/mol. The summed E-state index contributed by atoms with van der Waals surface area (Å²) in [4.78, 5) is 22.7. The summed E-state index contributed by atoms with van der Waals surface area (Å²) in [7, 11) is 0. The molecule has 1 unspecified atom stereocenters. The average molecular weight is 259 g/mol. The summed E-state index contributed by atoms with van der Waals surface area (Å²) in [5.41, 5.74) is -0.504. The number of hydrogen-bond donors (Lipinski definition) is 2. The second kappa shape index (κ2) is 3.64. The van der Waals surface area contributed by atoms with Gasteiger partial charge in [-0.2, -0.15) is 0 Å². The summed E-state index contributed by atoms with van der Waals surface area (Å²) in [5.74, 6) is -0.407. The molecule has 1 saturated heterocycles. The predicted octanol–water partition coefficient (Wildman–Crippen LogP) is 2.05. The minimum absolute atomic E-state index is 0.342. The van der Waals surface area contributed by atoms with Gasteiger partial charge in [-0.15, -0.1) is 0 Å². The molecule has 6 heteroatoms. The fourth-order valence-electron chi connectivity index (χ4n) is 1.55. The first kappa shape index (κ1) is 11.2. The number of nitrogens with one attached hydrogen (secondary N) is 2. The molecule has 2 rings (SSSR count). The van der Waals surface area contributed by atoms with Crippen molar-refractivity contribution in [2.75, 3.05) is 0 Å². The highest BCUT2D eigenvalue weighted by Gasteiger charge is 2.43. The highest BCUT2D eigenvalue weighted by atomic mass is 35.5. The normalized spacial score (nSPS) is 24.2. The van der Waals surface area contributed by atoms with Gasteiger partial charge >= 0.3 is 6.03 Å². The van der Waals surface area contributed by atoms with E-state index in [1.54, 1.807) is 25.1 Å². The molecular weight excluding hydrogens is 251 g/mol. The topological polar surface area (TPSA) is 58.2 Å².